The lowest BCUT2D eigenvalue weighted by molar-refractivity contribution is 0.552. The molecule has 1 fully saturated rings. The van der Waals surface area contributed by atoms with Crippen LogP contribution < -0.4 is 10.5 Å². The monoisotopic (exact) mass is 292 g/mol. The van der Waals surface area contributed by atoms with Crippen molar-refractivity contribution in [1.29, 1.82) is 0 Å². The fraction of sp³-hybridized carbons (Fsp3) is 0.467. The molecule has 0 spiro atoms. The Morgan fingerprint density at radius 1 is 1.35 bits per heavy atom. The van der Waals surface area contributed by atoms with Gasteiger partial charge >= 0.3 is 0 Å². The summed E-state index contributed by atoms with van der Waals surface area (Å²) < 4.78 is 27.7. The average molecular weight is 292 g/mol. The molecule has 1 aromatic rings. The van der Waals surface area contributed by atoms with Crippen molar-refractivity contribution in [3.05, 3.63) is 29.3 Å². The van der Waals surface area contributed by atoms with Crippen molar-refractivity contribution < 1.29 is 8.42 Å². The van der Waals surface area contributed by atoms with E-state index >= 15 is 0 Å². The molecule has 1 aromatic carbocycles. The van der Waals surface area contributed by atoms with Crippen molar-refractivity contribution in [3.63, 3.8) is 0 Å². The van der Waals surface area contributed by atoms with E-state index in [0.717, 1.165) is 31.2 Å². The molecule has 20 heavy (non-hydrogen) atoms. The SMILES string of the molecule is Cc1ccc(S(=O)(=O)NC2CCCC2)c(C#CCN)c1. The first-order chi connectivity index (χ1) is 9.53. The highest BCUT2D eigenvalue weighted by molar-refractivity contribution is 7.89. The minimum atomic E-state index is -3.51. The Kier molecular flexibility index (Phi) is 4.81. The van der Waals surface area contributed by atoms with E-state index in [1.165, 1.54) is 0 Å². The van der Waals surface area contributed by atoms with E-state index < -0.39 is 10.0 Å². The zero-order valence-corrected chi connectivity index (χ0v) is 12.5. The Morgan fingerprint density at radius 3 is 2.70 bits per heavy atom. The molecule has 108 valence electrons. The number of nitrogens with two attached hydrogens (primary N) is 1. The topological polar surface area (TPSA) is 72.2 Å². The number of nitrogens with one attached hydrogen (secondary N) is 1. The molecule has 0 bridgehead atoms. The molecule has 0 atom stereocenters. The van der Waals surface area contributed by atoms with Crippen LogP contribution in [0.2, 0.25) is 0 Å². The van der Waals surface area contributed by atoms with Gasteiger partial charge in [0.15, 0.2) is 0 Å². The number of hydrogen-bond donors (Lipinski definition) is 2. The van der Waals surface area contributed by atoms with Crippen molar-refractivity contribution in [2.45, 2.75) is 43.5 Å². The number of sulfonamides is 1. The van der Waals surface area contributed by atoms with E-state index in [4.69, 9.17) is 5.73 Å². The molecule has 0 radical (unpaired) electrons. The third-order valence-electron chi connectivity index (χ3n) is 3.43. The highest BCUT2D eigenvalue weighted by Crippen LogP contribution is 2.22. The van der Waals surface area contributed by atoms with Gasteiger partial charge in [-0.05, 0) is 37.5 Å². The molecule has 3 N–H and O–H groups in total. The van der Waals surface area contributed by atoms with Crippen LogP contribution in [0.3, 0.4) is 0 Å². The van der Waals surface area contributed by atoms with E-state index in [2.05, 4.69) is 16.6 Å². The molecule has 1 saturated carbocycles. The van der Waals surface area contributed by atoms with Gasteiger partial charge in [-0.25, -0.2) is 13.1 Å². The fourth-order valence-electron chi connectivity index (χ4n) is 2.45. The highest BCUT2D eigenvalue weighted by atomic mass is 32.2. The molecule has 0 unspecified atom stereocenters. The van der Waals surface area contributed by atoms with E-state index in [9.17, 15) is 8.42 Å². The number of rotatable bonds is 3. The van der Waals surface area contributed by atoms with E-state index in [-0.39, 0.29) is 17.5 Å². The lowest BCUT2D eigenvalue weighted by atomic mass is 10.1. The van der Waals surface area contributed by atoms with E-state index in [1.807, 2.05) is 6.92 Å². The van der Waals surface area contributed by atoms with E-state index in [1.54, 1.807) is 18.2 Å². The smallest absolute Gasteiger partial charge is 0.242 e. The fourth-order valence-corrected chi connectivity index (χ4v) is 3.90. The predicted octanol–water partition coefficient (Wildman–Crippen LogP) is 1.53. The quantitative estimate of drug-likeness (QED) is 0.830. The normalized spacial score (nSPS) is 15.9. The summed E-state index contributed by atoms with van der Waals surface area (Å²) in [6.07, 6.45) is 3.99. The zero-order valence-electron chi connectivity index (χ0n) is 11.6. The van der Waals surface area contributed by atoms with Gasteiger partial charge in [0.2, 0.25) is 10.0 Å². The van der Waals surface area contributed by atoms with Crippen molar-refractivity contribution in [2.24, 2.45) is 5.73 Å². The van der Waals surface area contributed by atoms with E-state index in [0.29, 0.717) is 5.56 Å². The summed E-state index contributed by atoms with van der Waals surface area (Å²) >= 11 is 0. The summed E-state index contributed by atoms with van der Waals surface area (Å²) in [4.78, 5) is 0.246. The Morgan fingerprint density at radius 2 is 2.05 bits per heavy atom. The summed E-state index contributed by atoms with van der Waals surface area (Å²) in [6, 6.07) is 5.24. The summed E-state index contributed by atoms with van der Waals surface area (Å²) in [6.45, 7) is 2.12. The molecule has 5 heteroatoms. The van der Waals surface area contributed by atoms with Crippen LogP contribution in [-0.4, -0.2) is 21.0 Å². The van der Waals surface area contributed by atoms with Gasteiger partial charge in [0.05, 0.1) is 11.4 Å². The molecule has 0 aromatic heterocycles. The van der Waals surface area contributed by atoms with Gasteiger partial charge in [-0.1, -0.05) is 30.7 Å². The average Bonchev–Trinajstić information content (AvgIpc) is 2.88. The van der Waals surface area contributed by atoms with Crippen molar-refractivity contribution in [2.75, 3.05) is 6.54 Å². The molecular formula is C15H20N2O2S. The first kappa shape index (κ1) is 15.0. The zero-order chi connectivity index (χ0) is 14.6. The van der Waals surface area contributed by atoms with Crippen molar-refractivity contribution in [3.8, 4) is 11.8 Å². The summed E-state index contributed by atoms with van der Waals surface area (Å²) in [5.74, 6) is 5.57. The van der Waals surface area contributed by atoms with Crippen LogP contribution in [-0.2, 0) is 10.0 Å². The lowest BCUT2D eigenvalue weighted by Gasteiger charge is -2.14. The number of aryl methyl sites for hydroxylation is 1. The third-order valence-corrected chi connectivity index (χ3v) is 5.01. The van der Waals surface area contributed by atoms with Gasteiger partial charge < -0.3 is 5.73 Å². The first-order valence-electron chi connectivity index (χ1n) is 6.85. The molecule has 1 aliphatic rings. The third kappa shape index (κ3) is 3.60. The van der Waals surface area contributed by atoms with Crippen LogP contribution in [0.5, 0.6) is 0 Å². The molecule has 0 heterocycles. The van der Waals surface area contributed by atoms with Crippen molar-refractivity contribution >= 4 is 10.0 Å². The minimum absolute atomic E-state index is 0.0524. The lowest BCUT2D eigenvalue weighted by Crippen LogP contribution is -2.33. The van der Waals surface area contributed by atoms with Gasteiger partial charge in [-0.2, -0.15) is 0 Å². The van der Waals surface area contributed by atoms with Crippen LogP contribution >= 0.6 is 0 Å². The summed E-state index contributed by atoms with van der Waals surface area (Å²) in [7, 11) is -3.51. The Hall–Kier alpha value is -1.35. The Labute approximate surface area is 120 Å². The molecular weight excluding hydrogens is 272 g/mol. The molecule has 0 amide bonds. The van der Waals surface area contributed by atoms with Crippen molar-refractivity contribution in [1.82, 2.24) is 4.72 Å². The second-order valence-corrected chi connectivity index (χ2v) is 6.79. The first-order valence-corrected chi connectivity index (χ1v) is 8.33. The Bertz CT molecular complexity index is 636. The maximum atomic E-state index is 12.5. The van der Waals surface area contributed by atoms with Crippen LogP contribution in [0.15, 0.2) is 23.1 Å². The van der Waals surface area contributed by atoms with Crippen LogP contribution in [0.1, 0.15) is 36.8 Å². The molecule has 4 nitrogen and oxygen atoms in total. The second kappa shape index (κ2) is 6.40. The standard InChI is InChI=1S/C15H20N2O2S/c1-12-8-9-15(13(11-12)5-4-10-16)20(18,19)17-14-6-2-3-7-14/h8-9,11,14,17H,2-3,6-7,10,16H2,1H3. The van der Waals surface area contributed by atoms with Gasteiger partial charge in [0.1, 0.15) is 0 Å². The van der Waals surface area contributed by atoms with Gasteiger partial charge in [0.25, 0.3) is 0 Å². The Balaban J connectivity index is 2.34. The van der Waals surface area contributed by atoms with Gasteiger partial charge in [-0.15, -0.1) is 0 Å². The molecule has 1 aliphatic carbocycles. The number of hydrogen-bond acceptors (Lipinski definition) is 3. The van der Waals surface area contributed by atoms with Gasteiger partial charge in [-0.3, -0.25) is 0 Å². The molecule has 0 saturated heterocycles. The summed E-state index contributed by atoms with van der Waals surface area (Å²) in [5.41, 5.74) is 6.86. The summed E-state index contributed by atoms with van der Waals surface area (Å²) in [5, 5.41) is 0. The molecule has 0 aliphatic heterocycles. The van der Waals surface area contributed by atoms with Gasteiger partial charge in [0, 0.05) is 11.6 Å². The number of benzene rings is 1. The highest BCUT2D eigenvalue weighted by Gasteiger charge is 2.24. The predicted molar refractivity (Wildman–Crippen MR) is 79.7 cm³/mol. The van der Waals surface area contributed by atoms with Crippen LogP contribution in [0, 0.1) is 18.8 Å². The van der Waals surface area contributed by atoms with Crippen LogP contribution in [0.25, 0.3) is 0 Å². The van der Waals surface area contributed by atoms with Crippen LogP contribution in [0.4, 0.5) is 0 Å². The maximum Gasteiger partial charge on any atom is 0.242 e. The largest absolute Gasteiger partial charge is 0.320 e. The molecule has 2 rings (SSSR count). The maximum absolute atomic E-state index is 12.5. The second-order valence-electron chi connectivity index (χ2n) is 5.11. The minimum Gasteiger partial charge on any atom is -0.320 e.